The first-order chi connectivity index (χ1) is 13.9. The summed E-state index contributed by atoms with van der Waals surface area (Å²) in [5.41, 5.74) is 1.34. The first-order valence-electron chi connectivity index (χ1n) is 9.83. The van der Waals surface area contributed by atoms with Crippen LogP contribution in [0.2, 0.25) is 0 Å². The van der Waals surface area contributed by atoms with Crippen molar-refractivity contribution in [3.05, 3.63) is 64.1 Å². The van der Waals surface area contributed by atoms with Gasteiger partial charge in [-0.2, -0.15) is 0 Å². The first-order valence-corrected chi connectivity index (χ1v) is 10.6. The minimum atomic E-state index is -1.09. The van der Waals surface area contributed by atoms with Crippen molar-refractivity contribution in [2.24, 2.45) is 0 Å². The molecule has 4 rings (SSSR count). The Labute approximate surface area is 178 Å². The molecule has 2 aromatic rings. The summed E-state index contributed by atoms with van der Waals surface area (Å²) in [6.07, 6.45) is 1.17. The van der Waals surface area contributed by atoms with Gasteiger partial charge in [0, 0.05) is 48.4 Å². The molecule has 2 aliphatic rings. The second-order valence-corrected chi connectivity index (χ2v) is 8.68. The zero-order valence-corrected chi connectivity index (χ0v) is 17.7. The van der Waals surface area contributed by atoms with Crippen LogP contribution in [0, 0.1) is 0 Å². The number of benzene rings is 2. The smallest absolute Gasteiger partial charge is 0.255 e. The van der Waals surface area contributed by atoms with Crippen LogP contribution in [0.25, 0.3) is 0 Å². The fraction of sp³-hybridized carbons (Fsp3) is 0.364. The van der Waals surface area contributed by atoms with Crippen LogP contribution < -0.4 is 5.32 Å². The number of amides is 2. The van der Waals surface area contributed by atoms with Gasteiger partial charge in [0.15, 0.2) is 0 Å². The highest BCUT2D eigenvalue weighted by Gasteiger charge is 2.50. The lowest BCUT2D eigenvalue weighted by molar-refractivity contribution is -0.144. The number of halogens is 1. The lowest BCUT2D eigenvalue weighted by Gasteiger charge is -2.35. The summed E-state index contributed by atoms with van der Waals surface area (Å²) in [5.74, 6) is -0.263. The largest absolute Gasteiger partial charge is 0.380 e. The van der Waals surface area contributed by atoms with E-state index in [1.807, 2.05) is 48.5 Å². The summed E-state index contributed by atoms with van der Waals surface area (Å²) < 4.78 is 0.912. The van der Waals surface area contributed by atoms with Crippen molar-refractivity contribution in [2.45, 2.75) is 25.0 Å². The molecule has 1 heterocycles. The molecule has 0 radical (unpaired) electrons. The maximum absolute atomic E-state index is 12.6. The number of carbonyl (C=O) groups is 2. The van der Waals surface area contributed by atoms with E-state index in [2.05, 4.69) is 26.1 Å². The van der Waals surface area contributed by atoms with Crippen molar-refractivity contribution in [1.29, 1.82) is 0 Å². The Bertz CT molecular complexity index is 921. The van der Waals surface area contributed by atoms with E-state index in [1.54, 1.807) is 4.90 Å². The van der Waals surface area contributed by atoms with E-state index in [1.165, 1.54) is 0 Å². The summed E-state index contributed by atoms with van der Waals surface area (Å²) in [6.45, 7) is 3.51. The zero-order valence-electron chi connectivity index (χ0n) is 16.1. The molecule has 1 saturated carbocycles. The SMILES string of the molecule is O=C(Nc1cccc(Br)c1)c1cccc(CN2CCN(C(=O)C3(O)CC3)CC2)c1. The van der Waals surface area contributed by atoms with Gasteiger partial charge in [-0.15, -0.1) is 0 Å². The molecular weight excluding hydrogens is 434 g/mol. The van der Waals surface area contributed by atoms with Gasteiger partial charge in [0.25, 0.3) is 11.8 Å². The van der Waals surface area contributed by atoms with Gasteiger partial charge in [-0.1, -0.05) is 34.1 Å². The lowest BCUT2D eigenvalue weighted by atomic mass is 10.1. The molecule has 2 amide bonds. The van der Waals surface area contributed by atoms with Crippen LogP contribution in [0.4, 0.5) is 5.69 Å². The van der Waals surface area contributed by atoms with Gasteiger partial charge in [0.05, 0.1) is 0 Å². The molecule has 0 atom stereocenters. The van der Waals surface area contributed by atoms with Crippen LogP contribution >= 0.6 is 15.9 Å². The molecular formula is C22H24BrN3O3. The Morgan fingerprint density at radius 2 is 1.76 bits per heavy atom. The standard InChI is InChI=1S/C22H24BrN3O3/c23-18-5-2-6-19(14-18)24-20(27)17-4-1-3-16(13-17)15-25-9-11-26(12-10-25)21(28)22(29)7-8-22/h1-6,13-14,29H,7-12,15H2,(H,24,27). The highest BCUT2D eigenvalue weighted by Crippen LogP contribution is 2.37. The van der Waals surface area contributed by atoms with E-state index in [0.29, 0.717) is 31.5 Å². The summed E-state index contributed by atoms with van der Waals surface area (Å²) in [6, 6.07) is 15.1. The topological polar surface area (TPSA) is 72.9 Å². The monoisotopic (exact) mass is 457 g/mol. The number of piperazine rings is 1. The molecule has 0 bridgehead atoms. The van der Waals surface area contributed by atoms with Gasteiger partial charge in [-0.3, -0.25) is 14.5 Å². The van der Waals surface area contributed by atoms with Crippen LogP contribution in [0.15, 0.2) is 53.0 Å². The van der Waals surface area contributed by atoms with E-state index in [9.17, 15) is 14.7 Å². The van der Waals surface area contributed by atoms with Crippen molar-refractivity contribution < 1.29 is 14.7 Å². The molecule has 2 fully saturated rings. The van der Waals surface area contributed by atoms with Crippen LogP contribution in [-0.4, -0.2) is 58.5 Å². The fourth-order valence-corrected chi connectivity index (χ4v) is 3.97. The third kappa shape index (κ3) is 4.86. The van der Waals surface area contributed by atoms with Crippen molar-refractivity contribution in [2.75, 3.05) is 31.5 Å². The van der Waals surface area contributed by atoms with E-state index in [4.69, 9.17) is 0 Å². The van der Waals surface area contributed by atoms with E-state index in [0.717, 1.165) is 35.4 Å². The third-order valence-electron chi connectivity index (χ3n) is 5.46. The molecule has 7 heteroatoms. The van der Waals surface area contributed by atoms with Crippen molar-refractivity contribution in [3.63, 3.8) is 0 Å². The number of nitrogens with one attached hydrogen (secondary N) is 1. The summed E-state index contributed by atoms with van der Waals surface area (Å²) >= 11 is 3.41. The van der Waals surface area contributed by atoms with Gasteiger partial charge in [-0.05, 0) is 48.7 Å². The molecule has 0 aromatic heterocycles. The molecule has 2 aromatic carbocycles. The van der Waals surface area contributed by atoms with Crippen molar-refractivity contribution >= 4 is 33.4 Å². The van der Waals surface area contributed by atoms with E-state index >= 15 is 0 Å². The molecule has 1 saturated heterocycles. The number of nitrogens with zero attached hydrogens (tertiary/aromatic N) is 2. The van der Waals surface area contributed by atoms with Crippen LogP contribution in [0.1, 0.15) is 28.8 Å². The van der Waals surface area contributed by atoms with Crippen LogP contribution in [-0.2, 0) is 11.3 Å². The Hall–Kier alpha value is -2.22. The normalized spacial score (nSPS) is 18.3. The average molecular weight is 458 g/mol. The molecule has 2 N–H and O–H groups in total. The maximum Gasteiger partial charge on any atom is 0.255 e. The van der Waals surface area contributed by atoms with E-state index < -0.39 is 5.60 Å². The number of hydrogen-bond acceptors (Lipinski definition) is 4. The summed E-state index contributed by atoms with van der Waals surface area (Å²) in [4.78, 5) is 28.9. The van der Waals surface area contributed by atoms with Gasteiger partial charge >= 0.3 is 0 Å². The second-order valence-electron chi connectivity index (χ2n) is 7.76. The molecule has 1 aliphatic carbocycles. The minimum Gasteiger partial charge on any atom is -0.380 e. The third-order valence-corrected chi connectivity index (χ3v) is 5.95. The molecule has 0 unspecified atom stereocenters. The minimum absolute atomic E-state index is 0.122. The molecule has 0 spiro atoms. The molecule has 152 valence electrons. The average Bonchev–Trinajstić information content (AvgIpc) is 3.47. The zero-order chi connectivity index (χ0) is 20.4. The number of hydrogen-bond donors (Lipinski definition) is 2. The quantitative estimate of drug-likeness (QED) is 0.723. The molecule has 1 aliphatic heterocycles. The molecule has 6 nitrogen and oxygen atoms in total. The molecule has 29 heavy (non-hydrogen) atoms. The highest BCUT2D eigenvalue weighted by atomic mass is 79.9. The van der Waals surface area contributed by atoms with Gasteiger partial charge < -0.3 is 15.3 Å². The van der Waals surface area contributed by atoms with Crippen molar-refractivity contribution in [3.8, 4) is 0 Å². The number of rotatable bonds is 5. The predicted molar refractivity (Wildman–Crippen MR) is 115 cm³/mol. The first kappa shape index (κ1) is 20.1. The number of anilines is 1. The maximum atomic E-state index is 12.6. The Morgan fingerprint density at radius 3 is 2.45 bits per heavy atom. The second kappa shape index (κ2) is 8.26. The summed E-state index contributed by atoms with van der Waals surface area (Å²) in [5, 5.41) is 12.9. The van der Waals surface area contributed by atoms with Crippen LogP contribution in [0.3, 0.4) is 0 Å². The number of carbonyl (C=O) groups excluding carboxylic acids is 2. The Kier molecular flexibility index (Phi) is 5.72. The summed E-state index contributed by atoms with van der Waals surface area (Å²) in [7, 11) is 0. The predicted octanol–water partition coefficient (Wildman–Crippen LogP) is 2.87. The number of aliphatic hydroxyl groups is 1. The van der Waals surface area contributed by atoms with Crippen LogP contribution in [0.5, 0.6) is 0 Å². The van der Waals surface area contributed by atoms with Gasteiger partial charge in [0.1, 0.15) is 5.60 Å². The lowest BCUT2D eigenvalue weighted by Crippen LogP contribution is -2.51. The van der Waals surface area contributed by atoms with Crippen molar-refractivity contribution in [1.82, 2.24) is 9.80 Å². The highest BCUT2D eigenvalue weighted by molar-refractivity contribution is 9.10. The van der Waals surface area contributed by atoms with Gasteiger partial charge in [0.2, 0.25) is 0 Å². The Balaban J connectivity index is 1.33. The Morgan fingerprint density at radius 1 is 1.03 bits per heavy atom. The van der Waals surface area contributed by atoms with Gasteiger partial charge in [-0.25, -0.2) is 0 Å². The van der Waals surface area contributed by atoms with E-state index in [-0.39, 0.29) is 11.8 Å². The fourth-order valence-electron chi connectivity index (χ4n) is 3.57.